The SMILES string of the molecule is Cc1cccc(C)c1NS(=O)(=O)c1ccc(F)cc1F. The van der Waals surface area contributed by atoms with Crippen molar-refractivity contribution in [2.24, 2.45) is 0 Å². The molecule has 6 heteroatoms. The highest BCUT2D eigenvalue weighted by atomic mass is 32.2. The normalized spacial score (nSPS) is 11.4. The van der Waals surface area contributed by atoms with Crippen molar-refractivity contribution in [3.63, 3.8) is 0 Å². The van der Waals surface area contributed by atoms with Gasteiger partial charge in [0.2, 0.25) is 0 Å². The van der Waals surface area contributed by atoms with Gasteiger partial charge in [-0.15, -0.1) is 0 Å². The van der Waals surface area contributed by atoms with E-state index in [9.17, 15) is 17.2 Å². The minimum absolute atomic E-state index is 0.399. The number of hydrogen-bond donors (Lipinski definition) is 1. The van der Waals surface area contributed by atoms with E-state index in [2.05, 4.69) is 4.72 Å². The summed E-state index contributed by atoms with van der Waals surface area (Å²) in [5.41, 5.74) is 1.84. The third-order valence-electron chi connectivity index (χ3n) is 2.90. The van der Waals surface area contributed by atoms with Crippen molar-refractivity contribution < 1.29 is 17.2 Å². The topological polar surface area (TPSA) is 46.2 Å². The fourth-order valence-corrected chi connectivity index (χ4v) is 3.12. The molecule has 0 heterocycles. The highest BCUT2D eigenvalue weighted by molar-refractivity contribution is 7.92. The van der Waals surface area contributed by atoms with Crippen molar-refractivity contribution in [1.82, 2.24) is 0 Å². The maximum Gasteiger partial charge on any atom is 0.264 e. The zero-order valence-electron chi connectivity index (χ0n) is 10.9. The first-order valence-electron chi connectivity index (χ1n) is 5.85. The number of benzene rings is 2. The van der Waals surface area contributed by atoms with Crippen LogP contribution in [0.4, 0.5) is 14.5 Å². The molecule has 0 spiro atoms. The van der Waals surface area contributed by atoms with Gasteiger partial charge in [-0.2, -0.15) is 0 Å². The van der Waals surface area contributed by atoms with Gasteiger partial charge in [-0.25, -0.2) is 17.2 Å². The molecule has 0 fully saturated rings. The Kier molecular flexibility index (Phi) is 3.76. The smallest absolute Gasteiger partial charge is 0.264 e. The third kappa shape index (κ3) is 2.80. The molecule has 0 bridgehead atoms. The number of sulfonamides is 1. The summed E-state index contributed by atoms with van der Waals surface area (Å²) >= 11 is 0. The van der Waals surface area contributed by atoms with Crippen LogP contribution in [0.3, 0.4) is 0 Å². The molecule has 0 atom stereocenters. The number of aryl methyl sites for hydroxylation is 2. The van der Waals surface area contributed by atoms with Crippen LogP contribution < -0.4 is 4.72 Å². The molecule has 20 heavy (non-hydrogen) atoms. The number of rotatable bonds is 3. The summed E-state index contributed by atoms with van der Waals surface area (Å²) in [6.07, 6.45) is 0. The van der Waals surface area contributed by atoms with E-state index in [1.807, 2.05) is 0 Å². The Bertz CT molecular complexity index is 738. The zero-order chi connectivity index (χ0) is 14.9. The van der Waals surface area contributed by atoms with Crippen LogP contribution in [0.15, 0.2) is 41.3 Å². The van der Waals surface area contributed by atoms with Crippen LogP contribution >= 0.6 is 0 Å². The second kappa shape index (κ2) is 5.20. The van der Waals surface area contributed by atoms with Gasteiger partial charge < -0.3 is 0 Å². The Hall–Kier alpha value is -1.95. The molecule has 0 unspecified atom stereocenters. The zero-order valence-corrected chi connectivity index (χ0v) is 11.8. The predicted octanol–water partition coefficient (Wildman–Crippen LogP) is 3.38. The summed E-state index contributed by atoms with van der Waals surface area (Å²) < 4.78 is 53.1. The van der Waals surface area contributed by atoms with Crippen LogP contribution in [0.5, 0.6) is 0 Å². The minimum Gasteiger partial charge on any atom is -0.279 e. The monoisotopic (exact) mass is 297 g/mol. The van der Waals surface area contributed by atoms with E-state index in [1.54, 1.807) is 32.0 Å². The lowest BCUT2D eigenvalue weighted by molar-refractivity contribution is 0.551. The van der Waals surface area contributed by atoms with Gasteiger partial charge >= 0.3 is 0 Å². The van der Waals surface area contributed by atoms with Gasteiger partial charge in [-0.05, 0) is 37.1 Å². The summed E-state index contributed by atoms with van der Waals surface area (Å²) in [6.45, 7) is 3.48. The predicted molar refractivity (Wildman–Crippen MR) is 73.1 cm³/mol. The molecule has 0 saturated heterocycles. The van der Waals surface area contributed by atoms with Gasteiger partial charge in [-0.1, -0.05) is 18.2 Å². The van der Waals surface area contributed by atoms with E-state index in [0.29, 0.717) is 11.8 Å². The summed E-state index contributed by atoms with van der Waals surface area (Å²) in [7, 11) is -4.10. The van der Waals surface area contributed by atoms with Gasteiger partial charge in [-0.3, -0.25) is 4.72 Å². The molecule has 1 N–H and O–H groups in total. The summed E-state index contributed by atoms with van der Waals surface area (Å²) in [5.74, 6) is -1.95. The number of nitrogens with one attached hydrogen (secondary N) is 1. The lowest BCUT2D eigenvalue weighted by Gasteiger charge is -2.13. The fourth-order valence-electron chi connectivity index (χ4n) is 1.86. The van der Waals surface area contributed by atoms with E-state index < -0.39 is 26.6 Å². The van der Waals surface area contributed by atoms with E-state index in [1.165, 1.54) is 0 Å². The van der Waals surface area contributed by atoms with Crippen molar-refractivity contribution in [3.8, 4) is 0 Å². The van der Waals surface area contributed by atoms with Crippen LogP contribution in [0.2, 0.25) is 0 Å². The Morgan fingerprint density at radius 2 is 1.60 bits per heavy atom. The van der Waals surface area contributed by atoms with Crippen molar-refractivity contribution in [3.05, 3.63) is 59.2 Å². The quantitative estimate of drug-likeness (QED) is 0.944. The number of anilines is 1. The molecule has 0 aliphatic rings. The molecule has 0 aliphatic carbocycles. The summed E-state index contributed by atoms with van der Waals surface area (Å²) in [5, 5.41) is 0. The molecule has 3 nitrogen and oxygen atoms in total. The van der Waals surface area contributed by atoms with Crippen LogP contribution in [-0.4, -0.2) is 8.42 Å². The number of para-hydroxylation sites is 1. The van der Waals surface area contributed by atoms with Gasteiger partial charge in [0, 0.05) is 6.07 Å². The Morgan fingerprint density at radius 1 is 1.00 bits per heavy atom. The molecule has 2 aromatic rings. The second-order valence-electron chi connectivity index (χ2n) is 4.45. The van der Waals surface area contributed by atoms with Crippen molar-refractivity contribution in [2.45, 2.75) is 18.7 Å². The van der Waals surface area contributed by atoms with Crippen molar-refractivity contribution in [1.29, 1.82) is 0 Å². The highest BCUT2D eigenvalue weighted by Gasteiger charge is 2.21. The fraction of sp³-hybridized carbons (Fsp3) is 0.143. The van der Waals surface area contributed by atoms with E-state index in [4.69, 9.17) is 0 Å². The second-order valence-corrected chi connectivity index (χ2v) is 6.10. The van der Waals surface area contributed by atoms with Gasteiger partial charge in [0.15, 0.2) is 0 Å². The van der Waals surface area contributed by atoms with E-state index >= 15 is 0 Å². The van der Waals surface area contributed by atoms with Gasteiger partial charge in [0.1, 0.15) is 16.5 Å². The summed E-state index contributed by atoms with van der Waals surface area (Å²) in [4.78, 5) is -0.582. The minimum atomic E-state index is -4.10. The molecule has 2 rings (SSSR count). The highest BCUT2D eigenvalue weighted by Crippen LogP contribution is 2.24. The number of hydrogen-bond acceptors (Lipinski definition) is 2. The molecule has 106 valence electrons. The van der Waals surface area contributed by atoms with Crippen LogP contribution in [0, 0.1) is 25.5 Å². The molecular formula is C14H13F2NO2S. The lowest BCUT2D eigenvalue weighted by atomic mass is 10.1. The van der Waals surface area contributed by atoms with Crippen LogP contribution in [0.25, 0.3) is 0 Å². The maximum atomic E-state index is 13.6. The first-order chi connectivity index (χ1) is 9.31. The van der Waals surface area contributed by atoms with Crippen LogP contribution in [-0.2, 0) is 10.0 Å². The first kappa shape index (κ1) is 14.5. The van der Waals surface area contributed by atoms with Gasteiger partial charge in [0.05, 0.1) is 5.69 Å². The van der Waals surface area contributed by atoms with Crippen molar-refractivity contribution in [2.75, 3.05) is 4.72 Å². The Balaban J connectivity index is 2.46. The third-order valence-corrected chi connectivity index (χ3v) is 4.28. The Morgan fingerprint density at radius 3 is 2.15 bits per heavy atom. The standard InChI is InChI=1S/C14H13F2NO2S/c1-9-4-3-5-10(2)14(9)17-20(18,19)13-7-6-11(15)8-12(13)16/h3-8,17H,1-2H3. The largest absolute Gasteiger partial charge is 0.279 e. The molecule has 2 aromatic carbocycles. The molecular weight excluding hydrogens is 284 g/mol. The molecule has 0 radical (unpaired) electrons. The average molecular weight is 297 g/mol. The van der Waals surface area contributed by atoms with Gasteiger partial charge in [0.25, 0.3) is 10.0 Å². The molecule has 0 saturated carbocycles. The molecule has 0 amide bonds. The Labute approximate surface area is 116 Å². The average Bonchev–Trinajstić information content (AvgIpc) is 2.33. The van der Waals surface area contributed by atoms with E-state index in [0.717, 1.165) is 23.3 Å². The van der Waals surface area contributed by atoms with Crippen LogP contribution in [0.1, 0.15) is 11.1 Å². The molecule has 0 aromatic heterocycles. The number of halogens is 2. The summed E-state index contributed by atoms with van der Waals surface area (Å²) in [6, 6.07) is 7.63. The van der Waals surface area contributed by atoms with E-state index in [-0.39, 0.29) is 0 Å². The van der Waals surface area contributed by atoms with Crippen molar-refractivity contribution >= 4 is 15.7 Å². The maximum absolute atomic E-state index is 13.6. The molecule has 0 aliphatic heterocycles. The lowest BCUT2D eigenvalue weighted by Crippen LogP contribution is -2.16. The first-order valence-corrected chi connectivity index (χ1v) is 7.33.